The number of hydrogen-bond acceptors (Lipinski definition) is 6. The summed E-state index contributed by atoms with van der Waals surface area (Å²) in [6.45, 7) is 6.18. The van der Waals surface area contributed by atoms with E-state index in [1.54, 1.807) is 0 Å². The van der Waals surface area contributed by atoms with E-state index in [-0.39, 0.29) is 11.5 Å². The fourth-order valence-corrected chi connectivity index (χ4v) is 4.82. The number of fused-ring (bicyclic) bond motifs is 1. The van der Waals surface area contributed by atoms with Gasteiger partial charge >= 0.3 is 0 Å². The summed E-state index contributed by atoms with van der Waals surface area (Å²) < 4.78 is 0. The highest BCUT2D eigenvalue weighted by atomic mass is 16.1. The van der Waals surface area contributed by atoms with Gasteiger partial charge in [0.25, 0.3) is 5.56 Å². The Kier molecular flexibility index (Phi) is 9.10. The Balaban J connectivity index is 1.39. The Morgan fingerprint density at radius 3 is 2.78 bits per heavy atom. The Morgan fingerprint density at radius 1 is 1.17 bits per heavy atom. The van der Waals surface area contributed by atoms with E-state index in [0.29, 0.717) is 23.8 Å². The summed E-state index contributed by atoms with van der Waals surface area (Å²) >= 11 is 0. The SMILES string of the molecule is NCCCCN1CCCC(c2cc3nc(-c4ccc(CNCCCN=C(N)N)cc4)c(=O)[nH]c3[nH]2)C1. The summed E-state index contributed by atoms with van der Waals surface area (Å²) in [7, 11) is 0. The van der Waals surface area contributed by atoms with Crippen molar-refractivity contribution in [3.63, 3.8) is 0 Å². The fourth-order valence-electron chi connectivity index (χ4n) is 4.82. The number of likely N-dealkylation sites (tertiary alicyclic amines) is 1. The molecule has 1 saturated heterocycles. The number of nitrogens with one attached hydrogen (secondary N) is 3. The van der Waals surface area contributed by atoms with Crippen LogP contribution < -0.4 is 28.1 Å². The summed E-state index contributed by atoms with van der Waals surface area (Å²) in [5.41, 5.74) is 21.1. The smallest absolute Gasteiger partial charge is 0.276 e. The maximum atomic E-state index is 12.8. The van der Waals surface area contributed by atoms with Crippen LogP contribution in [0.3, 0.4) is 0 Å². The first-order chi connectivity index (χ1) is 17.5. The maximum absolute atomic E-state index is 12.8. The molecule has 0 spiro atoms. The molecule has 1 fully saturated rings. The molecule has 1 aliphatic heterocycles. The van der Waals surface area contributed by atoms with Crippen LogP contribution in [0.5, 0.6) is 0 Å². The standard InChI is InChI=1S/C26H39N9O/c27-10-1-2-13-35-14-3-5-20(17-35)21-15-22-24(33-21)34-25(36)23(32-22)19-8-6-18(7-9-19)16-30-11-4-12-31-26(28)29/h6-9,15,20,30H,1-5,10-14,16-17,27H2,(H4,28,29,31)(H2,33,34,36). The molecule has 1 aromatic carbocycles. The molecule has 3 aromatic rings. The quantitative estimate of drug-likeness (QED) is 0.126. The fraction of sp³-hybridized carbons (Fsp3) is 0.500. The molecule has 0 saturated carbocycles. The second-order valence-corrected chi connectivity index (χ2v) is 9.57. The minimum atomic E-state index is -0.187. The topological polar surface area (TPSA) is 167 Å². The Bertz CT molecular complexity index is 1190. The molecule has 0 aliphatic carbocycles. The Morgan fingerprint density at radius 2 is 2.00 bits per heavy atom. The van der Waals surface area contributed by atoms with Gasteiger partial charge in [0.05, 0.1) is 0 Å². The monoisotopic (exact) mass is 493 g/mol. The highest BCUT2D eigenvalue weighted by Crippen LogP contribution is 2.28. The van der Waals surface area contributed by atoms with Crippen molar-refractivity contribution < 1.29 is 0 Å². The number of aromatic amines is 2. The zero-order valence-electron chi connectivity index (χ0n) is 20.9. The third-order valence-electron chi connectivity index (χ3n) is 6.74. The van der Waals surface area contributed by atoms with Gasteiger partial charge in [-0.15, -0.1) is 0 Å². The van der Waals surface area contributed by atoms with E-state index < -0.39 is 0 Å². The first-order valence-corrected chi connectivity index (χ1v) is 12.9. The van der Waals surface area contributed by atoms with Gasteiger partial charge in [-0.1, -0.05) is 24.3 Å². The van der Waals surface area contributed by atoms with E-state index in [1.807, 2.05) is 24.3 Å². The summed E-state index contributed by atoms with van der Waals surface area (Å²) in [6, 6.07) is 10.0. The van der Waals surface area contributed by atoms with Crippen molar-refractivity contribution in [1.29, 1.82) is 0 Å². The molecule has 194 valence electrons. The average molecular weight is 494 g/mol. The third-order valence-corrected chi connectivity index (χ3v) is 6.74. The van der Waals surface area contributed by atoms with E-state index in [4.69, 9.17) is 22.2 Å². The lowest BCUT2D eigenvalue weighted by molar-refractivity contribution is 0.203. The van der Waals surface area contributed by atoms with E-state index in [1.165, 1.54) is 6.42 Å². The molecule has 0 bridgehead atoms. The second kappa shape index (κ2) is 12.7. The molecule has 0 radical (unpaired) electrons. The zero-order valence-corrected chi connectivity index (χ0v) is 20.9. The Hall–Kier alpha value is -3.21. The summed E-state index contributed by atoms with van der Waals surface area (Å²) in [5, 5.41) is 3.37. The first kappa shape index (κ1) is 25.9. The van der Waals surface area contributed by atoms with Gasteiger partial charge in [0.1, 0.15) is 16.9 Å². The van der Waals surface area contributed by atoms with Crippen molar-refractivity contribution in [2.24, 2.45) is 22.2 Å². The number of guanidine groups is 1. The van der Waals surface area contributed by atoms with E-state index in [2.05, 4.69) is 31.2 Å². The van der Waals surface area contributed by atoms with Crippen LogP contribution in [0.25, 0.3) is 22.4 Å². The highest BCUT2D eigenvalue weighted by molar-refractivity contribution is 5.76. The molecular formula is C26H39N9O. The zero-order chi connectivity index (χ0) is 25.3. The molecule has 9 N–H and O–H groups in total. The normalized spacial score (nSPS) is 16.4. The highest BCUT2D eigenvalue weighted by Gasteiger charge is 2.23. The maximum Gasteiger partial charge on any atom is 0.276 e. The van der Waals surface area contributed by atoms with Crippen molar-refractivity contribution in [3.05, 3.63) is 51.9 Å². The number of unbranched alkanes of at least 4 members (excludes halogenated alkanes) is 1. The summed E-state index contributed by atoms with van der Waals surface area (Å²) in [4.78, 5) is 30.5. The van der Waals surface area contributed by atoms with Crippen LogP contribution in [-0.4, -0.2) is 65.1 Å². The molecule has 0 amide bonds. The number of aromatic nitrogens is 3. The molecule has 1 unspecified atom stereocenters. The molecule has 2 aromatic heterocycles. The molecule has 10 nitrogen and oxygen atoms in total. The minimum Gasteiger partial charge on any atom is -0.370 e. The van der Waals surface area contributed by atoms with Gasteiger partial charge in [-0.25, -0.2) is 4.98 Å². The van der Waals surface area contributed by atoms with Crippen LogP contribution in [0.1, 0.15) is 49.3 Å². The number of H-pyrrole nitrogens is 2. The lowest BCUT2D eigenvalue weighted by atomic mass is 9.95. The van der Waals surface area contributed by atoms with E-state index in [9.17, 15) is 4.79 Å². The number of piperidine rings is 1. The number of benzene rings is 1. The van der Waals surface area contributed by atoms with E-state index in [0.717, 1.165) is 87.3 Å². The number of nitrogens with two attached hydrogens (primary N) is 3. The number of rotatable bonds is 12. The van der Waals surface area contributed by atoms with E-state index >= 15 is 0 Å². The second-order valence-electron chi connectivity index (χ2n) is 9.57. The predicted molar refractivity (Wildman–Crippen MR) is 146 cm³/mol. The summed E-state index contributed by atoms with van der Waals surface area (Å²) in [5.74, 6) is 0.543. The predicted octanol–water partition coefficient (Wildman–Crippen LogP) is 1.59. The van der Waals surface area contributed by atoms with Gasteiger partial charge in [0, 0.05) is 36.8 Å². The van der Waals surface area contributed by atoms with Gasteiger partial charge in [-0.2, -0.15) is 0 Å². The van der Waals surface area contributed by atoms with Gasteiger partial charge in [0.15, 0.2) is 5.96 Å². The molecule has 1 atom stereocenters. The van der Waals surface area contributed by atoms with Gasteiger partial charge in [0.2, 0.25) is 0 Å². The van der Waals surface area contributed by atoms with Gasteiger partial charge < -0.3 is 37.4 Å². The third kappa shape index (κ3) is 6.93. The van der Waals surface area contributed by atoms with Crippen LogP contribution in [0.4, 0.5) is 0 Å². The van der Waals surface area contributed by atoms with Crippen molar-refractivity contribution in [2.45, 2.75) is 44.6 Å². The molecule has 4 rings (SSSR count). The average Bonchev–Trinajstić information content (AvgIpc) is 3.29. The van der Waals surface area contributed by atoms with Crippen molar-refractivity contribution in [2.75, 3.05) is 39.3 Å². The molecule has 36 heavy (non-hydrogen) atoms. The van der Waals surface area contributed by atoms with Gasteiger partial charge in [-0.3, -0.25) is 9.79 Å². The van der Waals surface area contributed by atoms with Crippen molar-refractivity contribution >= 4 is 17.1 Å². The number of nitrogens with zero attached hydrogens (tertiary/aromatic N) is 3. The minimum absolute atomic E-state index is 0.123. The van der Waals surface area contributed by atoms with Crippen LogP contribution in [-0.2, 0) is 6.54 Å². The molecule has 1 aliphatic rings. The van der Waals surface area contributed by atoms with Gasteiger partial charge in [-0.05, 0) is 69.9 Å². The number of hydrogen-bond donors (Lipinski definition) is 6. The largest absolute Gasteiger partial charge is 0.370 e. The van der Waals surface area contributed by atoms with Crippen LogP contribution in [0.2, 0.25) is 0 Å². The number of aliphatic imine (C=N–C) groups is 1. The Labute approximate surface area is 211 Å². The first-order valence-electron chi connectivity index (χ1n) is 12.9. The lowest BCUT2D eigenvalue weighted by Crippen LogP contribution is -2.35. The summed E-state index contributed by atoms with van der Waals surface area (Å²) in [6.07, 6.45) is 5.39. The molecular weight excluding hydrogens is 454 g/mol. The lowest BCUT2D eigenvalue weighted by Gasteiger charge is -2.32. The van der Waals surface area contributed by atoms with Crippen LogP contribution in [0.15, 0.2) is 40.1 Å². The molecule has 10 heteroatoms. The van der Waals surface area contributed by atoms with Crippen molar-refractivity contribution in [3.8, 4) is 11.3 Å². The van der Waals surface area contributed by atoms with Crippen LogP contribution in [0, 0.1) is 0 Å². The van der Waals surface area contributed by atoms with Crippen LogP contribution >= 0.6 is 0 Å². The van der Waals surface area contributed by atoms with Crippen molar-refractivity contribution in [1.82, 2.24) is 25.2 Å². The molecule has 3 heterocycles.